The molecule has 0 saturated heterocycles. The van der Waals surface area contributed by atoms with E-state index in [0.29, 0.717) is 24.3 Å². The van der Waals surface area contributed by atoms with Crippen molar-refractivity contribution in [2.75, 3.05) is 13.6 Å². The first-order valence-corrected chi connectivity index (χ1v) is 8.89. The highest BCUT2D eigenvalue weighted by atomic mass is 16.7. The van der Waals surface area contributed by atoms with Crippen LogP contribution in [0.15, 0.2) is 60.7 Å². The highest BCUT2D eigenvalue weighted by Gasteiger charge is 2.29. The number of rotatable bonds is 11. The lowest BCUT2D eigenvalue weighted by molar-refractivity contribution is -0.169. The molecule has 0 aliphatic heterocycles. The van der Waals surface area contributed by atoms with Gasteiger partial charge in [0.2, 0.25) is 13.6 Å². The minimum absolute atomic E-state index is 0.265. The lowest BCUT2D eigenvalue weighted by Crippen LogP contribution is -2.30. The number of carbonyl (C=O) groups is 2. The number of para-hydroxylation sites is 2. The molecule has 0 saturated carbocycles. The van der Waals surface area contributed by atoms with E-state index in [4.69, 9.17) is 18.9 Å². The standard InChI is InChI=1S/C21H24O6/c1-2-3-14-19(20(22)26-15-24-17-10-6-4-7-11-17)21(23)27-16-25-18-12-8-5-9-13-18/h4-13,19H,2-3,14-16H2,1H3. The Morgan fingerprint density at radius 1 is 0.778 bits per heavy atom. The molecule has 2 aromatic rings. The number of esters is 2. The van der Waals surface area contributed by atoms with Crippen LogP contribution < -0.4 is 9.47 Å². The fraction of sp³-hybridized carbons (Fsp3) is 0.333. The lowest BCUT2D eigenvalue weighted by Gasteiger charge is -2.15. The van der Waals surface area contributed by atoms with Crippen LogP contribution in [-0.2, 0) is 19.1 Å². The molecule has 27 heavy (non-hydrogen) atoms. The molecule has 6 heteroatoms. The van der Waals surface area contributed by atoms with Gasteiger partial charge in [-0.2, -0.15) is 0 Å². The van der Waals surface area contributed by atoms with Crippen LogP contribution in [0.3, 0.4) is 0 Å². The van der Waals surface area contributed by atoms with E-state index >= 15 is 0 Å². The third kappa shape index (κ3) is 7.40. The van der Waals surface area contributed by atoms with Gasteiger partial charge in [-0.3, -0.25) is 9.59 Å². The van der Waals surface area contributed by atoms with Crippen molar-refractivity contribution in [3.8, 4) is 11.5 Å². The molecular weight excluding hydrogens is 348 g/mol. The van der Waals surface area contributed by atoms with Crippen molar-refractivity contribution in [3.63, 3.8) is 0 Å². The predicted molar refractivity (Wildman–Crippen MR) is 99.1 cm³/mol. The van der Waals surface area contributed by atoms with Crippen LogP contribution in [-0.4, -0.2) is 25.5 Å². The Labute approximate surface area is 159 Å². The number of hydrogen-bond acceptors (Lipinski definition) is 6. The van der Waals surface area contributed by atoms with Gasteiger partial charge in [-0.05, 0) is 30.7 Å². The molecule has 144 valence electrons. The first-order valence-electron chi connectivity index (χ1n) is 8.89. The molecule has 0 amide bonds. The topological polar surface area (TPSA) is 71.1 Å². The molecule has 2 aromatic carbocycles. The summed E-state index contributed by atoms with van der Waals surface area (Å²) >= 11 is 0. The van der Waals surface area contributed by atoms with Gasteiger partial charge in [-0.1, -0.05) is 56.2 Å². The van der Waals surface area contributed by atoms with E-state index in [1.807, 2.05) is 43.3 Å². The summed E-state index contributed by atoms with van der Waals surface area (Å²) in [4.78, 5) is 24.5. The van der Waals surface area contributed by atoms with Crippen LogP contribution in [0.4, 0.5) is 0 Å². The lowest BCUT2D eigenvalue weighted by atomic mass is 10.0. The van der Waals surface area contributed by atoms with Crippen molar-refractivity contribution in [3.05, 3.63) is 60.7 Å². The summed E-state index contributed by atoms with van der Waals surface area (Å²) in [6, 6.07) is 17.9. The van der Waals surface area contributed by atoms with Crippen molar-refractivity contribution in [1.82, 2.24) is 0 Å². The monoisotopic (exact) mass is 372 g/mol. The summed E-state index contributed by atoms with van der Waals surface area (Å²) in [5.74, 6) is -1.17. The SMILES string of the molecule is CCCCC(C(=O)OCOc1ccccc1)C(=O)OCOc1ccccc1. The molecule has 0 N–H and O–H groups in total. The van der Waals surface area contributed by atoms with Crippen molar-refractivity contribution in [2.24, 2.45) is 5.92 Å². The van der Waals surface area contributed by atoms with E-state index in [9.17, 15) is 9.59 Å². The first-order chi connectivity index (χ1) is 13.2. The van der Waals surface area contributed by atoms with E-state index in [1.54, 1.807) is 24.3 Å². The Morgan fingerprint density at radius 2 is 1.22 bits per heavy atom. The third-order valence-electron chi connectivity index (χ3n) is 3.76. The summed E-state index contributed by atoms with van der Waals surface area (Å²) < 4.78 is 20.8. The zero-order valence-electron chi connectivity index (χ0n) is 15.3. The van der Waals surface area contributed by atoms with Crippen LogP contribution in [0, 0.1) is 5.92 Å². The van der Waals surface area contributed by atoms with E-state index in [-0.39, 0.29) is 13.6 Å². The maximum absolute atomic E-state index is 12.3. The maximum atomic E-state index is 12.3. The summed E-state index contributed by atoms with van der Waals surface area (Å²) in [5.41, 5.74) is 0. The van der Waals surface area contributed by atoms with Crippen LogP contribution >= 0.6 is 0 Å². The van der Waals surface area contributed by atoms with E-state index in [0.717, 1.165) is 6.42 Å². The molecule has 0 aromatic heterocycles. The van der Waals surface area contributed by atoms with Crippen molar-refractivity contribution < 1.29 is 28.5 Å². The van der Waals surface area contributed by atoms with Gasteiger partial charge in [0, 0.05) is 0 Å². The smallest absolute Gasteiger partial charge is 0.323 e. The Balaban J connectivity index is 1.80. The summed E-state index contributed by atoms with van der Waals surface area (Å²) in [6.45, 7) is 1.45. The quantitative estimate of drug-likeness (QED) is 0.338. The van der Waals surface area contributed by atoms with Crippen LogP contribution in [0.1, 0.15) is 26.2 Å². The van der Waals surface area contributed by atoms with Gasteiger partial charge >= 0.3 is 11.9 Å². The van der Waals surface area contributed by atoms with Crippen LogP contribution in [0.2, 0.25) is 0 Å². The fourth-order valence-electron chi connectivity index (χ4n) is 2.29. The van der Waals surface area contributed by atoms with Gasteiger partial charge in [-0.25, -0.2) is 0 Å². The number of ether oxygens (including phenoxy) is 4. The minimum atomic E-state index is -0.997. The highest BCUT2D eigenvalue weighted by molar-refractivity contribution is 5.94. The molecule has 0 atom stereocenters. The summed E-state index contributed by atoms with van der Waals surface area (Å²) in [6.07, 6.45) is 1.90. The molecule has 0 radical (unpaired) electrons. The van der Waals surface area contributed by atoms with E-state index < -0.39 is 17.9 Å². The van der Waals surface area contributed by atoms with Gasteiger partial charge in [-0.15, -0.1) is 0 Å². The Kier molecular flexibility index (Phi) is 8.69. The van der Waals surface area contributed by atoms with Gasteiger partial charge in [0.1, 0.15) is 11.5 Å². The zero-order chi connectivity index (χ0) is 19.3. The number of benzene rings is 2. The van der Waals surface area contributed by atoms with Crippen molar-refractivity contribution in [1.29, 1.82) is 0 Å². The average molecular weight is 372 g/mol. The second kappa shape index (κ2) is 11.6. The second-order valence-electron chi connectivity index (χ2n) is 5.77. The zero-order valence-corrected chi connectivity index (χ0v) is 15.3. The Morgan fingerprint density at radius 3 is 1.63 bits per heavy atom. The van der Waals surface area contributed by atoms with Gasteiger partial charge < -0.3 is 18.9 Å². The second-order valence-corrected chi connectivity index (χ2v) is 5.77. The van der Waals surface area contributed by atoms with Gasteiger partial charge in [0.05, 0.1) is 0 Å². The van der Waals surface area contributed by atoms with E-state index in [1.165, 1.54) is 0 Å². The normalized spacial score (nSPS) is 10.3. The largest absolute Gasteiger partial charge is 0.457 e. The Hall–Kier alpha value is -3.02. The van der Waals surface area contributed by atoms with Crippen molar-refractivity contribution >= 4 is 11.9 Å². The fourth-order valence-corrected chi connectivity index (χ4v) is 2.29. The molecule has 0 spiro atoms. The molecule has 2 rings (SSSR count). The third-order valence-corrected chi connectivity index (χ3v) is 3.76. The van der Waals surface area contributed by atoms with Crippen LogP contribution in [0.25, 0.3) is 0 Å². The molecule has 6 nitrogen and oxygen atoms in total. The maximum Gasteiger partial charge on any atom is 0.323 e. The molecule has 0 fully saturated rings. The van der Waals surface area contributed by atoms with Crippen LogP contribution in [0.5, 0.6) is 11.5 Å². The Bertz CT molecular complexity index is 629. The predicted octanol–water partition coefficient (Wildman–Crippen LogP) is 3.95. The molecule has 0 unspecified atom stereocenters. The molecule has 0 heterocycles. The van der Waals surface area contributed by atoms with Gasteiger partial charge in [0.15, 0.2) is 5.92 Å². The molecule has 0 aliphatic rings. The molecular formula is C21H24O6. The number of hydrogen-bond donors (Lipinski definition) is 0. The van der Waals surface area contributed by atoms with Crippen molar-refractivity contribution in [2.45, 2.75) is 26.2 Å². The van der Waals surface area contributed by atoms with Gasteiger partial charge in [0.25, 0.3) is 0 Å². The molecule has 0 bridgehead atoms. The number of carbonyl (C=O) groups excluding carboxylic acids is 2. The number of unbranched alkanes of at least 4 members (excludes halogenated alkanes) is 1. The average Bonchev–Trinajstić information content (AvgIpc) is 2.70. The minimum Gasteiger partial charge on any atom is -0.457 e. The first kappa shape index (κ1) is 20.3. The summed E-state index contributed by atoms with van der Waals surface area (Å²) in [7, 11) is 0. The van der Waals surface area contributed by atoms with E-state index in [2.05, 4.69) is 0 Å². The highest BCUT2D eigenvalue weighted by Crippen LogP contribution is 2.15. The summed E-state index contributed by atoms with van der Waals surface area (Å²) in [5, 5.41) is 0. The molecule has 0 aliphatic carbocycles.